The summed E-state index contributed by atoms with van der Waals surface area (Å²) in [5.41, 5.74) is -0.0395. The molecule has 0 aliphatic carbocycles. The van der Waals surface area contributed by atoms with Gasteiger partial charge in [0.2, 0.25) is 5.91 Å². The van der Waals surface area contributed by atoms with Crippen LogP contribution >= 0.6 is 0 Å². The molecule has 0 spiro atoms. The predicted molar refractivity (Wildman–Crippen MR) is 73.3 cm³/mol. The van der Waals surface area contributed by atoms with Gasteiger partial charge in [-0.3, -0.25) is 9.69 Å². The molecule has 2 unspecified atom stereocenters. The van der Waals surface area contributed by atoms with E-state index in [1.807, 2.05) is 6.92 Å². The first-order valence-corrected chi connectivity index (χ1v) is 6.99. The fourth-order valence-electron chi connectivity index (χ4n) is 2.36. The van der Waals surface area contributed by atoms with Crippen molar-refractivity contribution in [3.63, 3.8) is 0 Å². The maximum absolute atomic E-state index is 11.9. The van der Waals surface area contributed by atoms with Crippen LogP contribution in [-0.4, -0.2) is 48.2 Å². The molecular formula is C14H28N2O2. The van der Waals surface area contributed by atoms with Crippen molar-refractivity contribution in [3.8, 4) is 0 Å². The summed E-state index contributed by atoms with van der Waals surface area (Å²) in [5.74, 6) is 0.552. The highest BCUT2D eigenvalue weighted by Gasteiger charge is 2.31. The summed E-state index contributed by atoms with van der Waals surface area (Å²) in [6, 6.07) is 0.214. The molecule has 1 fully saturated rings. The van der Waals surface area contributed by atoms with E-state index < -0.39 is 0 Å². The zero-order chi connectivity index (χ0) is 13.8. The Morgan fingerprint density at radius 3 is 2.67 bits per heavy atom. The number of hydrogen-bond acceptors (Lipinski definition) is 3. The number of carbonyl (C=O) groups is 1. The average molecular weight is 256 g/mol. The number of piperidine rings is 1. The van der Waals surface area contributed by atoms with E-state index >= 15 is 0 Å². The average Bonchev–Trinajstić information content (AvgIpc) is 2.28. The van der Waals surface area contributed by atoms with Crippen molar-refractivity contribution < 1.29 is 9.90 Å². The third-order valence-electron chi connectivity index (χ3n) is 4.00. The lowest BCUT2D eigenvalue weighted by molar-refractivity contribution is -0.124. The van der Waals surface area contributed by atoms with Crippen LogP contribution in [0.15, 0.2) is 0 Å². The molecule has 2 N–H and O–H groups in total. The molecule has 18 heavy (non-hydrogen) atoms. The largest absolute Gasteiger partial charge is 0.396 e. The van der Waals surface area contributed by atoms with E-state index in [2.05, 4.69) is 31.0 Å². The van der Waals surface area contributed by atoms with Crippen LogP contribution in [0.1, 0.15) is 40.5 Å². The molecule has 1 aliphatic heterocycles. The van der Waals surface area contributed by atoms with E-state index in [4.69, 9.17) is 0 Å². The molecule has 4 nitrogen and oxygen atoms in total. The molecule has 0 bridgehead atoms. The van der Waals surface area contributed by atoms with Crippen LogP contribution in [0.2, 0.25) is 0 Å². The molecule has 1 saturated heterocycles. The Kier molecular flexibility index (Phi) is 5.60. The number of nitrogens with one attached hydrogen (secondary N) is 1. The Morgan fingerprint density at radius 1 is 1.44 bits per heavy atom. The standard InChI is InChI=1S/C14H28N2O2/c1-11(2)12(3)15-13(18)8-16-7-5-6-14(4,9-16)10-17/h11-12,17H,5-10H2,1-4H3,(H,15,18). The maximum Gasteiger partial charge on any atom is 0.234 e. The van der Waals surface area contributed by atoms with Crippen LogP contribution in [0.25, 0.3) is 0 Å². The fourth-order valence-corrected chi connectivity index (χ4v) is 2.36. The predicted octanol–water partition coefficient (Wildman–Crippen LogP) is 1.24. The highest BCUT2D eigenvalue weighted by molar-refractivity contribution is 5.78. The summed E-state index contributed by atoms with van der Waals surface area (Å²) in [7, 11) is 0. The molecule has 0 aromatic carbocycles. The number of likely N-dealkylation sites (tertiary alicyclic amines) is 1. The zero-order valence-corrected chi connectivity index (χ0v) is 12.2. The van der Waals surface area contributed by atoms with Crippen molar-refractivity contribution in [2.24, 2.45) is 11.3 Å². The quantitative estimate of drug-likeness (QED) is 0.778. The molecular weight excluding hydrogens is 228 g/mol. The highest BCUT2D eigenvalue weighted by atomic mass is 16.3. The monoisotopic (exact) mass is 256 g/mol. The Hall–Kier alpha value is -0.610. The second-order valence-electron chi connectivity index (χ2n) is 6.38. The lowest BCUT2D eigenvalue weighted by Crippen LogP contribution is -2.49. The van der Waals surface area contributed by atoms with Gasteiger partial charge in [0.25, 0.3) is 0 Å². The third-order valence-corrected chi connectivity index (χ3v) is 4.00. The molecule has 2 atom stereocenters. The van der Waals surface area contributed by atoms with Gasteiger partial charge in [0.15, 0.2) is 0 Å². The van der Waals surface area contributed by atoms with Gasteiger partial charge in [-0.05, 0) is 32.2 Å². The van der Waals surface area contributed by atoms with E-state index in [0.717, 1.165) is 25.9 Å². The molecule has 1 aliphatic rings. The summed E-state index contributed by atoms with van der Waals surface area (Å²) < 4.78 is 0. The van der Waals surface area contributed by atoms with Crippen LogP contribution in [0.5, 0.6) is 0 Å². The molecule has 106 valence electrons. The lowest BCUT2D eigenvalue weighted by atomic mass is 9.83. The molecule has 4 heteroatoms. The van der Waals surface area contributed by atoms with Crippen LogP contribution in [0.3, 0.4) is 0 Å². The molecule has 1 amide bonds. The van der Waals surface area contributed by atoms with E-state index in [0.29, 0.717) is 12.5 Å². The van der Waals surface area contributed by atoms with Gasteiger partial charge in [0.1, 0.15) is 0 Å². The van der Waals surface area contributed by atoms with E-state index in [1.54, 1.807) is 0 Å². The number of aliphatic hydroxyl groups excluding tert-OH is 1. The number of hydrogen-bond donors (Lipinski definition) is 2. The maximum atomic E-state index is 11.9. The Bertz CT molecular complexity index is 281. The fraction of sp³-hybridized carbons (Fsp3) is 0.929. The minimum atomic E-state index is -0.0395. The van der Waals surface area contributed by atoms with Crippen molar-refractivity contribution in [1.82, 2.24) is 10.2 Å². The zero-order valence-electron chi connectivity index (χ0n) is 12.2. The lowest BCUT2D eigenvalue weighted by Gasteiger charge is -2.39. The van der Waals surface area contributed by atoms with E-state index in [-0.39, 0.29) is 24.0 Å². The number of aliphatic hydroxyl groups is 1. The summed E-state index contributed by atoms with van der Waals surface area (Å²) in [5, 5.41) is 12.4. The second-order valence-corrected chi connectivity index (χ2v) is 6.38. The SMILES string of the molecule is CC(C)C(C)NC(=O)CN1CCCC(C)(CO)C1. The highest BCUT2D eigenvalue weighted by Crippen LogP contribution is 2.28. The van der Waals surface area contributed by atoms with Crippen molar-refractivity contribution >= 4 is 5.91 Å². The molecule has 1 rings (SSSR count). The molecule has 1 heterocycles. The minimum absolute atomic E-state index is 0.0395. The molecule has 0 saturated carbocycles. The third kappa shape index (κ3) is 4.58. The first-order chi connectivity index (χ1) is 8.36. The normalized spacial score (nSPS) is 27.2. The number of nitrogens with zero attached hydrogens (tertiary/aromatic N) is 1. The van der Waals surface area contributed by atoms with Crippen LogP contribution in [0.4, 0.5) is 0 Å². The van der Waals surface area contributed by atoms with Crippen LogP contribution in [0, 0.1) is 11.3 Å². The van der Waals surface area contributed by atoms with Gasteiger partial charge >= 0.3 is 0 Å². The van der Waals surface area contributed by atoms with Gasteiger partial charge < -0.3 is 10.4 Å². The Morgan fingerprint density at radius 2 is 2.11 bits per heavy atom. The molecule has 0 aromatic heterocycles. The van der Waals surface area contributed by atoms with Gasteiger partial charge in [-0.1, -0.05) is 20.8 Å². The second kappa shape index (κ2) is 6.53. The van der Waals surface area contributed by atoms with Crippen molar-refractivity contribution in [2.45, 2.75) is 46.6 Å². The van der Waals surface area contributed by atoms with Crippen LogP contribution in [-0.2, 0) is 4.79 Å². The molecule has 0 aromatic rings. The minimum Gasteiger partial charge on any atom is -0.396 e. The van der Waals surface area contributed by atoms with Crippen molar-refractivity contribution in [2.75, 3.05) is 26.2 Å². The summed E-state index contributed by atoms with van der Waals surface area (Å²) >= 11 is 0. The number of carbonyl (C=O) groups excluding carboxylic acids is 1. The van der Waals surface area contributed by atoms with Crippen molar-refractivity contribution in [3.05, 3.63) is 0 Å². The van der Waals surface area contributed by atoms with E-state index in [1.165, 1.54) is 0 Å². The van der Waals surface area contributed by atoms with Gasteiger partial charge in [0, 0.05) is 24.6 Å². The first-order valence-electron chi connectivity index (χ1n) is 6.99. The summed E-state index contributed by atoms with van der Waals surface area (Å²) in [4.78, 5) is 14.1. The van der Waals surface area contributed by atoms with E-state index in [9.17, 15) is 9.90 Å². The van der Waals surface area contributed by atoms with Gasteiger partial charge in [0.05, 0.1) is 6.54 Å². The van der Waals surface area contributed by atoms with Gasteiger partial charge in [-0.25, -0.2) is 0 Å². The van der Waals surface area contributed by atoms with Crippen LogP contribution < -0.4 is 5.32 Å². The molecule has 0 radical (unpaired) electrons. The Labute approximate surface area is 111 Å². The Balaban J connectivity index is 2.40. The van der Waals surface area contributed by atoms with Gasteiger partial charge in [-0.15, -0.1) is 0 Å². The smallest absolute Gasteiger partial charge is 0.234 e. The number of amides is 1. The van der Waals surface area contributed by atoms with Gasteiger partial charge in [-0.2, -0.15) is 0 Å². The van der Waals surface area contributed by atoms with Crippen molar-refractivity contribution in [1.29, 1.82) is 0 Å². The topological polar surface area (TPSA) is 52.6 Å². The number of rotatable bonds is 5. The summed E-state index contributed by atoms with van der Waals surface area (Å²) in [6.07, 6.45) is 2.11. The summed E-state index contributed by atoms with van der Waals surface area (Å²) in [6.45, 7) is 10.8. The first kappa shape index (κ1) is 15.4.